The Bertz CT molecular complexity index is 470. The first kappa shape index (κ1) is 21.5. The lowest BCUT2D eigenvalue weighted by atomic mass is 9.97. The Morgan fingerprint density at radius 1 is 1.19 bits per heavy atom. The van der Waals surface area contributed by atoms with E-state index in [2.05, 4.69) is 13.2 Å². The zero-order chi connectivity index (χ0) is 19.3. The van der Waals surface area contributed by atoms with Crippen LogP contribution in [0.4, 0.5) is 0 Å². The lowest BCUT2D eigenvalue weighted by molar-refractivity contribution is -0.253. The molecule has 2 aliphatic heterocycles. The van der Waals surface area contributed by atoms with Crippen molar-refractivity contribution in [2.75, 3.05) is 20.3 Å². The van der Waals surface area contributed by atoms with Crippen molar-refractivity contribution in [3.63, 3.8) is 0 Å². The maximum Gasteiger partial charge on any atom is 0.179 e. The van der Waals surface area contributed by atoms with E-state index in [1.807, 2.05) is 0 Å². The van der Waals surface area contributed by atoms with Crippen LogP contribution in [0.2, 0.25) is 0 Å². The van der Waals surface area contributed by atoms with Crippen LogP contribution in [0.5, 0.6) is 0 Å². The number of hydrogen-bond donors (Lipinski definition) is 4. The molecule has 0 bridgehead atoms. The molecular formula is C18H30O8. The van der Waals surface area contributed by atoms with Crippen molar-refractivity contribution in [3.8, 4) is 0 Å². The molecule has 2 fully saturated rings. The van der Waals surface area contributed by atoms with Gasteiger partial charge in [-0.3, -0.25) is 0 Å². The maximum absolute atomic E-state index is 10.1. The third kappa shape index (κ3) is 4.90. The standard InChI is InChI=1S/C18H30O8/c1-4-11-7-12(21)16(22)15(9-20)26-18(11)24-13-6-5-10(2)17(23-3)25-14(13)8-19/h4,11-22H,1-2,5-9H2,3H3. The van der Waals surface area contributed by atoms with E-state index in [-0.39, 0.29) is 13.0 Å². The second-order valence-corrected chi connectivity index (χ2v) is 6.71. The average Bonchev–Trinajstić information content (AvgIpc) is 2.87. The Morgan fingerprint density at radius 2 is 1.88 bits per heavy atom. The van der Waals surface area contributed by atoms with Gasteiger partial charge in [0.2, 0.25) is 0 Å². The molecule has 0 radical (unpaired) electrons. The predicted octanol–water partition coefficient (Wildman–Crippen LogP) is -0.297. The van der Waals surface area contributed by atoms with E-state index in [0.29, 0.717) is 12.8 Å². The molecule has 0 aliphatic carbocycles. The first-order chi connectivity index (χ1) is 12.4. The van der Waals surface area contributed by atoms with Crippen LogP contribution in [0.1, 0.15) is 19.3 Å². The van der Waals surface area contributed by atoms with Crippen LogP contribution in [0.15, 0.2) is 24.8 Å². The van der Waals surface area contributed by atoms with Gasteiger partial charge in [-0.05, 0) is 24.8 Å². The molecule has 2 rings (SSSR count). The molecule has 8 unspecified atom stereocenters. The van der Waals surface area contributed by atoms with E-state index in [1.165, 1.54) is 7.11 Å². The Labute approximate surface area is 153 Å². The van der Waals surface area contributed by atoms with E-state index in [4.69, 9.17) is 18.9 Å². The molecular weight excluding hydrogens is 344 g/mol. The lowest BCUT2D eigenvalue weighted by Gasteiger charge is -2.32. The zero-order valence-corrected chi connectivity index (χ0v) is 15.1. The van der Waals surface area contributed by atoms with Gasteiger partial charge in [0.25, 0.3) is 0 Å². The smallest absolute Gasteiger partial charge is 0.179 e. The van der Waals surface area contributed by atoms with Crippen LogP contribution < -0.4 is 0 Å². The number of aliphatic hydroxyl groups is 4. The van der Waals surface area contributed by atoms with Crippen LogP contribution in [0, 0.1) is 5.92 Å². The van der Waals surface area contributed by atoms with Crippen molar-refractivity contribution >= 4 is 0 Å². The quantitative estimate of drug-likeness (QED) is 0.468. The Morgan fingerprint density at radius 3 is 2.46 bits per heavy atom. The Balaban J connectivity index is 2.16. The molecule has 4 N–H and O–H groups in total. The van der Waals surface area contributed by atoms with E-state index in [0.717, 1.165) is 5.57 Å². The van der Waals surface area contributed by atoms with E-state index in [9.17, 15) is 20.4 Å². The molecule has 8 nitrogen and oxygen atoms in total. The molecule has 150 valence electrons. The molecule has 8 atom stereocenters. The molecule has 0 aromatic heterocycles. The normalized spacial score (nSPS) is 42.1. The minimum Gasteiger partial charge on any atom is -0.394 e. The molecule has 8 heteroatoms. The Kier molecular flexibility index (Phi) is 8.18. The summed E-state index contributed by atoms with van der Waals surface area (Å²) in [5.41, 5.74) is 0.748. The minimum atomic E-state index is -1.23. The SMILES string of the molecule is C=CC1CC(O)C(O)C(CO)OC1OC1CCC(=C)C(OC)OC1CO. The summed E-state index contributed by atoms with van der Waals surface area (Å²) in [6.45, 7) is 6.94. The van der Waals surface area contributed by atoms with Crippen LogP contribution in [-0.4, -0.2) is 83.8 Å². The van der Waals surface area contributed by atoms with Crippen molar-refractivity contribution in [3.05, 3.63) is 24.8 Å². The summed E-state index contributed by atoms with van der Waals surface area (Å²) in [5, 5.41) is 39.3. The number of ether oxygens (including phenoxy) is 4. The molecule has 0 aromatic carbocycles. The lowest BCUT2D eigenvalue weighted by Crippen LogP contribution is -2.43. The fourth-order valence-corrected chi connectivity index (χ4v) is 3.31. The molecule has 26 heavy (non-hydrogen) atoms. The first-order valence-corrected chi connectivity index (χ1v) is 8.82. The summed E-state index contributed by atoms with van der Waals surface area (Å²) in [6, 6.07) is 0. The van der Waals surface area contributed by atoms with Gasteiger partial charge in [0, 0.05) is 13.0 Å². The number of rotatable bonds is 6. The summed E-state index contributed by atoms with van der Waals surface area (Å²) in [4.78, 5) is 0. The first-order valence-electron chi connectivity index (χ1n) is 8.82. The molecule has 0 saturated carbocycles. The van der Waals surface area contributed by atoms with Gasteiger partial charge in [-0.1, -0.05) is 12.7 Å². The average molecular weight is 374 g/mol. The number of hydrogen-bond acceptors (Lipinski definition) is 8. The van der Waals surface area contributed by atoms with Gasteiger partial charge in [0.1, 0.15) is 18.3 Å². The molecule has 0 spiro atoms. The highest BCUT2D eigenvalue weighted by Gasteiger charge is 2.41. The van der Waals surface area contributed by atoms with Gasteiger partial charge in [0.05, 0.1) is 25.4 Å². The van der Waals surface area contributed by atoms with Crippen molar-refractivity contribution in [1.29, 1.82) is 0 Å². The van der Waals surface area contributed by atoms with E-state index in [1.54, 1.807) is 6.08 Å². The van der Waals surface area contributed by atoms with Crippen molar-refractivity contribution in [2.24, 2.45) is 5.92 Å². The Hall–Kier alpha value is -0.840. The highest BCUT2D eigenvalue weighted by molar-refractivity contribution is 5.02. The van der Waals surface area contributed by atoms with Gasteiger partial charge < -0.3 is 39.4 Å². The summed E-state index contributed by atoms with van der Waals surface area (Å²) in [6.07, 6.45) is -3.06. The minimum absolute atomic E-state index is 0.177. The van der Waals surface area contributed by atoms with Crippen molar-refractivity contribution in [1.82, 2.24) is 0 Å². The molecule has 0 aromatic rings. The monoisotopic (exact) mass is 374 g/mol. The second kappa shape index (κ2) is 9.91. The van der Waals surface area contributed by atoms with Gasteiger partial charge in [0.15, 0.2) is 12.6 Å². The number of aliphatic hydroxyl groups excluding tert-OH is 4. The van der Waals surface area contributed by atoms with Gasteiger partial charge in [-0.15, -0.1) is 6.58 Å². The summed E-state index contributed by atoms with van der Waals surface area (Å²) in [7, 11) is 1.50. The van der Waals surface area contributed by atoms with Crippen LogP contribution >= 0.6 is 0 Å². The summed E-state index contributed by atoms with van der Waals surface area (Å²) < 4.78 is 22.8. The largest absolute Gasteiger partial charge is 0.394 e. The van der Waals surface area contributed by atoms with Crippen molar-refractivity contribution < 1.29 is 39.4 Å². The van der Waals surface area contributed by atoms with E-state index < -0.39 is 55.6 Å². The van der Waals surface area contributed by atoms with Crippen LogP contribution in [0.25, 0.3) is 0 Å². The fraction of sp³-hybridized carbons (Fsp3) is 0.778. The highest BCUT2D eigenvalue weighted by atomic mass is 16.7. The van der Waals surface area contributed by atoms with Crippen LogP contribution in [0.3, 0.4) is 0 Å². The molecule has 2 saturated heterocycles. The van der Waals surface area contributed by atoms with Gasteiger partial charge in [-0.25, -0.2) is 0 Å². The zero-order valence-electron chi connectivity index (χ0n) is 15.1. The second-order valence-electron chi connectivity index (χ2n) is 6.71. The predicted molar refractivity (Wildman–Crippen MR) is 92.1 cm³/mol. The van der Waals surface area contributed by atoms with Gasteiger partial charge >= 0.3 is 0 Å². The molecule has 2 heterocycles. The van der Waals surface area contributed by atoms with Gasteiger partial charge in [-0.2, -0.15) is 0 Å². The third-order valence-corrected chi connectivity index (χ3v) is 4.93. The van der Waals surface area contributed by atoms with E-state index >= 15 is 0 Å². The highest BCUT2D eigenvalue weighted by Crippen LogP contribution is 2.31. The number of methoxy groups -OCH3 is 1. The van der Waals surface area contributed by atoms with Crippen LogP contribution in [-0.2, 0) is 18.9 Å². The molecule has 2 aliphatic rings. The maximum atomic E-state index is 10.1. The van der Waals surface area contributed by atoms with Crippen molar-refractivity contribution in [2.45, 2.75) is 62.4 Å². The summed E-state index contributed by atoms with van der Waals surface area (Å²) >= 11 is 0. The fourth-order valence-electron chi connectivity index (χ4n) is 3.31. The third-order valence-electron chi connectivity index (χ3n) is 4.93. The topological polar surface area (TPSA) is 118 Å². The molecule has 0 amide bonds. The summed E-state index contributed by atoms with van der Waals surface area (Å²) in [5.74, 6) is -0.403.